The Morgan fingerprint density at radius 1 is 0.939 bits per heavy atom. The van der Waals surface area contributed by atoms with Gasteiger partial charge >= 0.3 is 0 Å². The van der Waals surface area contributed by atoms with Crippen LogP contribution in [0.3, 0.4) is 0 Å². The van der Waals surface area contributed by atoms with E-state index in [4.69, 9.17) is 27.6 Å². The molecule has 0 aliphatic heterocycles. The van der Waals surface area contributed by atoms with Gasteiger partial charge < -0.3 is 4.42 Å². The minimum atomic E-state index is -0.328. The summed E-state index contributed by atoms with van der Waals surface area (Å²) in [6.07, 6.45) is 2.22. The summed E-state index contributed by atoms with van der Waals surface area (Å²) in [4.78, 5) is 13.0. The van der Waals surface area contributed by atoms with E-state index in [1.807, 2.05) is 36.4 Å². The lowest BCUT2D eigenvalue weighted by Crippen LogP contribution is -2.25. The number of nitrogens with one attached hydrogen (secondary N) is 1. The first-order valence-electron chi connectivity index (χ1n) is 10.6. The van der Waals surface area contributed by atoms with Crippen molar-refractivity contribution in [2.24, 2.45) is 11.0 Å². The monoisotopic (exact) mass is 474 g/mol. The van der Waals surface area contributed by atoms with Gasteiger partial charge in [0.05, 0.1) is 17.2 Å². The molecular formula is C27H20Cl2N2O2. The Morgan fingerprint density at radius 2 is 1.61 bits per heavy atom. The normalized spacial score (nSPS) is 16.6. The first-order chi connectivity index (χ1) is 16.1. The highest BCUT2D eigenvalue weighted by atomic mass is 35.5. The smallest absolute Gasteiger partial charge is 0.244 e. The average molecular weight is 475 g/mol. The average Bonchev–Trinajstić information content (AvgIpc) is 3.44. The number of benzene rings is 3. The number of amides is 1. The topological polar surface area (TPSA) is 54.6 Å². The van der Waals surface area contributed by atoms with Gasteiger partial charge in [-0.15, -0.1) is 0 Å². The molecule has 1 fully saturated rings. The van der Waals surface area contributed by atoms with Crippen molar-refractivity contribution < 1.29 is 9.21 Å². The van der Waals surface area contributed by atoms with E-state index in [-0.39, 0.29) is 17.2 Å². The summed E-state index contributed by atoms with van der Waals surface area (Å²) in [7, 11) is 0. The summed E-state index contributed by atoms with van der Waals surface area (Å²) in [5.74, 6) is 0.786. The lowest BCUT2D eigenvalue weighted by molar-refractivity contribution is -0.122. The number of rotatable bonds is 6. The highest BCUT2D eigenvalue weighted by molar-refractivity contribution is 6.36. The highest BCUT2D eigenvalue weighted by Gasteiger charge is 2.60. The summed E-state index contributed by atoms with van der Waals surface area (Å²) in [5.41, 5.74) is 5.36. The quantitative estimate of drug-likeness (QED) is 0.249. The molecule has 1 aromatic heterocycles. The number of carbonyl (C=O) groups is 1. The predicted octanol–water partition coefficient (Wildman–Crippen LogP) is 6.71. The molecule has 1 aliphatic carbocycles. The van der Waals surface area contributed by atoms with Crippen molar-refractivity contribution in [3.63, 3.8) is 0 Å². The number of nitrogens with zero attached hydrogens (tertiary/aromatic N) is 1. The maximum atomic E-state index is 13.0. The van der Waals surface area contributed by atoms with Gasteiger partial charge in [0.15, 0.2) is 0 Å². The predicted molar refractivity (Wildman–Crippen MR) is 132 cm³/mol. The molecule has 0 bridgehead atoms. The molecule has 1 amide bonds. The van der Waals surface area contributed by atoms with Crippen molar-refractivity contribution in [1.29, 1.82) is 0 Å². The van der Waals surface area contributed by atoms with E-state index >= 15 is 0 Å². The number of hydrogen-bond donors (Lipinski definition) is 1. The molecule has 1 N–H and O–H groups in total. The second-order valence-corrected chi connectivity index (χ2v) is 8.86. The fraction of sp³-hybridized carbons (Fsp3) is 0.111. The molecule has 1 heterocycles. The van der Waals surface area contributed by atoms with Gasteiger partial charge in [0.2, 0.25) is 5.91 Å². The number of hydrazone groups is 1. The molecule has 0 saturated heterocycles. The zero-order valence-electron chi connectivity index (χ0n) is 17.5. The second kappa shape index (κ2) is 8.89. The number of furan rings is 1. The van der Waals surface area contributed by atoms with Crippen LogP contribution in [-0.4, -0.2) is 12.1 Å². The summed E-state index contributed by atoms with van der Waals surface area (Å²) < 4.78 is 5.80. The molecule has 1 aliphatic rings. The van der Waals surface area contributed by atoms with Crippen LogP contribution in [-0.2, 0) is 10.2 Å². The van der Waals surface area contributed by atoms with Gasteiger partial charge in [-0.05, 0) is 47.9 Å². The standard InChI is InChI=1S/C27H20Cl2N2O2/c28-20-11-13-22(24(29)15-20)25-14-12-21(33-25)17-30-31-26(32)23-16-27(23,18-7-3-1-4-8-18)19-9-5-2-6-10-19/h1-15,17,23H,16H2,(H,31,32)/b30-17+. The van der Waals surface area contributed by atoms with Crippen LogP contribution < -0.4 is 5.43 Å². The fourth-order valence-electron chi connectivity index (χ4n) is 4.35. The second-order valence-electron chi connectivity index (χ2n) is 8.02. The summed E-state index contributed by atoms with van der Waals surface area (Å²) in [6.45, 7) is 0. The Balaban J connectivity index is 1.30. The fourth-order valence-corrected chi connectivity index (χ4v) is 4.85. The van der Waals surface area contributed by atoms with Crippen molar-refractivity contribution in [3.8, 4) is 11.3 Å². The maximum Gasteiger partial charge on any atom is 0.244 e. The third kappa shape index (κ3) is 4.20. The van der Waals surface area contributed by atoms with Crippen LogP contribution in [0.1, 0.15) is 23.3 Å². The first-order valence-corrected chi connectivity index (χ1v) is 11.3. The van der Waals surface area contributed by atoms with Crippen molar-refractivity contribution in [3.05, 3.63) is 118 Å². The zero-order chi connectivity index (χ0) is 22.8. The SMILES string of the molecule is O=C(N/N=C/c1ccc(-c2ccc(Cl)cc2Cl)o1)C1CC1(c1ccccc1)c1ccccc1. The lowest BCUT2D eigenvalue weighted by atomic mass is 9.85. The highest BCUT2D eigenvalue weighted by Crippen LogP contribution is 2.58. The maximum absolute atomic E-state index is 13.0. The van der Waals surface area contributed by atoms with Crippen LogP contribution in [0.5, 0.6) is 0 Å². The van der Waals surface area contributed by atoms with Crippen molar-refractivity contribution >= 4 is 35.3 Å². The molecule has 4 nitrogen and oxygen atoms in total. The van der Waals surface area contributed by atoms with E-state index in [9.17, 15) is 4.79 Å². The van der Waals surface area contributed by atoms with Crippen molar-refractivity contribution in [1.82, 2.24) is 5.43 Å². The van der Waals surface area contributed by atoms with Crippen LogP contribution >= 0.6 is 23.2 Å². The van der Waals surface area contributed by atoms with Gasteiger partial charge in [0, 0.05) is 16.0 Å². The van der Waals surface area contributed by atoms with E-state index in [1.54, 1.807) is 30.3 Å². The number of hydrogen-bond acceptors (Lipinski definition) is 3. The van der Waals surface area contributed by atoms with Gasteiger partial charge in [0.25, 0.3) is 0 Å². The molecule has 1 unspecified atom stereocenters. The Labute approximate surface area is 201 Å². The van der Waals surface area contributed by atoms with E-state index in [0.29, 0.717) is 21.6 Å². The molecular weight excluding hydrogens is 455 g/mol. The Morgan fingerprint density at radius 3 is 2.24 bits per heavy atom. The van der Waals surface area contributed by atoms with Gasteiger partial charge in [-0.25, -0.2) is 5.43 Å². The van der Waals surface area contributed by atoms with E-state index in [0.717, 1.165) is 23.1 Å². The lowest BCUT2D eigenvalue weighted by Gasteiger charge is -2.18. The summed E-state index contributed by atoms with van der Waals surface area (Å²) in [5, 5.41) is 5.18. The first kappa shape index (κ1) is 21.5. The molecule has 33 heavy (non-hydrogen) atoms. The Bertz CT molecular complexity index is 1280. The molecule has 164 valence electrons. The van der Waals surface area contributed by atoms with Crippen molar-refractivity contribution in [2.45, 2.75) is 11.8 Å². The molecule has 1 atom stereocenters. The van der Waals surface area contributed by atoms with E-state index in [2.05, 4.69) is 34.8 Å². The van der Waals surface area contributed by atoms with Crippen molar-refractivity contribution in [2.75, 3.05) is 0 Å². The van der Waals surface area contributed by atoms with Crippen LogP contribution in [0.15, 0.2) is 101 Å². The van der Waals surface area contributed by atoms with Gasteiger partial charge in [-0.3, -0.25) is 4.79 Å². The largest absolute Gasteiger partial charge is 0.455 e. The van der Waals surface area contributed by atoms with Gasteiger partial charge in [0.1, 0.15) is 11.5 Å². The van der Waals surface area contributed by atoms with Crippen LogP contribution in [0.4, 0.5) is 0 Å². The molecule has 1 saturated carbocycles. The third-order valence-electron chi connectivity index (χ3n) is 6.05. The molecule has 6 heteroatoms. The molecule has 5 rings (SSSR count). The van der Waals surface area contributed by atoms with Crippen LogP contribution in [0.25, 0.3) is 11.3 Å². The number of carbonyl (C=O) groups excluding carboxylic acids is 1. The number of halogens is 2. The summed E-state index contributed by atoms with van der Waals surface area (Å²) in [6, 6.07) is 29.1. The zero-order valence-corrected chi connectivity index (χ0v) is 19.1. The molecule has 0 radical (unpaired) electrons. The van der Waals surface area contributed by atoms with Gasteiger partial charge in [-0.1, -0.05) is 83.9 Å². The van der Waals surface area contributed by atoms with E-state index in [1.165, 1.54) is 6.21 Å². The minimum absolute atomic E-state index is 0.119. The van der Waals surface area contributed by atoms with E-state index < -0.39 is 0 Å². The summed E-state index contributed by atoms with van der Waals surface area (Å²) >= 11 is 12.2. The Kier molecular flexibility index (Phi) is 5.79. The Hall–Kier alpha value is -3.34. The van der Waals surface area contributed by atoms with Crippen LogP contribution in [0, 0.1) is 5.92 Å². The third-order valence-corrected chi connectivity index (χ3v) is 6.59. The minimum Gasteiger partial charge on any atom is -0.455 e. The molecule has 3 aromatic carbocycles. The molecule has 0 spiro atoms. The van der Waals surface area contributed by atoms with Crippen LogP contribution in [0.2, 0.25) is 10.0 Å². The molecule has 4 aromatic rings. The van der Waals surface area contributed by atoms with Gasteiger partial charge in [-0.2, -0.15) is 5.10 Å².